The monoisotopic (exact) mass is 294 g/mol. The second-order valence-corrected chi connectivity index (χ2v) is 5.37. The van der Waals surface area contributed by atoms with Crippen LogP contribution >= 0.6 is 11.6 Å². The minimum Gasteiger partial charge on any atom is -0.493 e. The van der Waals surface area contributed by atoms with Crippen molar-refractivity contribution in [3.63, 3.8) is 0 Å². The number of benzene rings is 1. The molecule has 5 heteroatoms. The molecule has 1 N–H and O–H groups in total. The van der Waals surface area contributed by atoms with Gasteiger partial charge in [-0.05, 0) is 30.5 Å². The smallest absolute Gasteiger partial charge is 0.179 e. The Morgan fingerprint density at radius 1 is 1.35 bits per heavy atom. The van der Waals surface area contributed by atoms with E-state index in [1.807, 2.05) is 12.1 Å². The number of hydrogen-bond donors (Lipinski definition) is 1. The molecule has 1 aliphatic carbocycles. The molecule has 0 amide bonds. The molecule has 1 aromatic carbocycles. The fourth-order valence-corrected chi connectivity index (χ4v) is 2.99. The summed E-state index contributed by atoms with van der Waals surface area (Å²) in [6.45, 7) is 0.670. The third-order valence-corrected chi connectivity index (χ3v) is 4.02. The van der Waals surface area contributed by atoms with E-state index in [-0.39, 0.29) is 12.0 Å². The van der Waals surface area contributed by atoms with E-state index in [2.05, 4.69) is 11.4 Å². The van der Waals surface area contributed by atoms with E-state index in [1.165, 1.54) is 0 Å². The second kappa shape index (κ2) is 6.83. The Morgan fingerprint density at radius 2 is 2.15 bits per heavy atom. The van der Waals surface area contributed by atoms with Crippen LogP contribution < -0.4 is 14.8 Å². The van der Waals surface area contributed by atoms with Crippen molar-refractivity contribution in [1.82, 2.24) is 5.32 Å². The molecule has 1 fully saturated rings. The minimum absolute atomic E-state index is 0.116. The molecule has 4 nitrogen and oxygen atoms in total. The molecule has 2 atom stereocenters. The summed E-state index contributed by atoms with van der Waals surface area (Å²) in [7, 11) is 3.16. The van der Waals surface area contributed by atoms with Gasteiger partial charge in [0.2, 0.25) is 0 Å². The van der Waals surface area contributed by atoms with Gasteiger partial charge in [0.15, 0.2) is 11.5 Å². The third kappa shape index (κ3) is 3.17. The first-order valence-corrected chi connectivity index (χ1v) is 7.10. The lowest BCUT2D eigenvalue weighted by molar-refractivity contribution is 0.354. The molecule has 2 rings (SSSR count). The SMILES string of the molecule is COc1cc(CNC2CCCC2C#N)cc(Cl)c1OC. The predicted octanol–water partition coefficient (Wildman–Crippen LogP) is 3.14. The lowest BCUT2D eigenvalue weighted by Crippen LogP contribution is -2.31. The summed E-state index contributed by atoms with van der Waals surface area (Å²) in [5.41, 5.74) is 1.02. The highest BCUT2D eigenvalue weighted by atomic mass is 35.5. The molecule has 1 aliphatic rings. The molecule has 0 saturated heterocycles. The average molecular weight is 295 g/mol. The molecular formula is C15H19ClN2O2. The van der Waals surface area contributed by atoms with E-state index in [9.17, 15) is 0 Å². The molecule has 0 bridgehead atoms. The van der Waals surface area contributed by atoms with Crippen LogP contribution in [0.2, 0.25) is 5.02 Å². The number of nitriles is 1. The number of nitrogens with one attached hydrogen (secondary N) is 1. The van der Waals surface area contributed by atoms with Crippen molar-refractivity contribution >= 4 is 11.6 Å². The minimum atomic E-state index is 0.116. The molecule has 0 heterocycles. The lowest BCUT2D eigenvalue weighted by atomic mass is 10.1. The zero-order chi connectivity index (χ0) is 14.5. The van der Waals surface area contributed by atoms with Crippen molar-refractivity contribution in [1.29, 1.82) is 5.26 Å². The summed E-state index contributed by atoms with van der Waals surface area (Å²) >= 11 is 6.18. The van der Waals surface area contributed by atoms with Crippen LogP contribution in [0, 0.1) is 17.2 Å². The van der Waals surface area contributed by atoms with Gasteiger partial charge in [0, 0.05) is 12.6 Å². The Bertz CT molecular complexity index is 513. The topological polar surface area (TPSA) is 54.3 Å². The Kier molecular flexibility index (Phi) is 5.11. The Morgan fingerprint density at radius 3 is 2.80 bits per heavy atom. The Balaban J connectivity index is 2.07. The summed E-state index contributed by atoms with van der Waals surface area (Å²) in [5, 5.41) is 13.1. The first-order chi connectivity index (χ1) is 9.69. The molecule has 0 radical (unpaired) electrons. The standard InChI is InChI=1S/C15H19ClN2O2/c1-19-14-7-10(6-12(16)15(14)20-2)9-18-13-5-3-4-11(13)8-17/h6-7,11,13,18H,3-5,9H2,1-2H3. The van der Waals surface area contributed by atoms with Gasteiger partial charge in [0.25, 0.3) is 0 Å². The van der Waals surface area contributed by atoms with Crippen LogP contribution in [0.4, 0.5) is 0 Å². The van der Waals surface area contributed by atoms with Gasteiger partial charge in [-0.15, -0.1) is 0 Å². The second-order valence-electron chi connectivity index (χ2n) is 4.97. The average Bonchev–Trinajstić information content (AvgIpc) is 2.91. The normalized spacial score (nSPS) is 21.5. The van der Waals surface area contributed by atoms with Crippen molar-refractivity contribution in [2.24, 2.45) is 5.92 Å². The molecular weight excluding hydrogens is 276 g/mol. The molecule has 0 aliphatic heterocycles. The van der Waals surface area contributed by atoms with Crippen LogP contribution in [0.3, 0.4) is 0 Å². The van der Waals surface area contributed by atoms with Crippen molar-refractivity contribution in [3.05, 3.63) is 22.7 Å². The van der Waals surface area contributed by atoms with Crippen molar-refractivity contribution < 1.29 is 9.47 Å². The Hall–Kier alpha value is -1.44. The fourth-order valence-electron chi connectivity index (χ4n) is 2.68. The molecule has 0 aromatic heterocycles. The van der Waals surface area contributed by atoms with Crippen molar-refractivity contribution in [2.45, 2.75) is 31.8 Å². The number of nitrogens with zero attached hydrogens (tertiary/aromatic N) is 1. The summed E-state index contributed by atoms with van der Waals surface area (Å²) in [6, 6.07) is 6.42. The van der Waals surface area contributed by atoms with Crippen LogP contribution in [0.25, 0.3) is 0 Å². The largest absolute Gasteiger partial charge is 0.493 e. The summed E-state index contributed by atoms with van der Waals surface area (Å²) in [5.74, 6) is 1.29. The first kappa shape index (κ1) is 15.0. The predicted molar refractivity (Wildman–Crippen MR) is 78.1 cm³/mol. The number of halogens is 1. The number of hydrogen-bond acceptors (Lipinski definition) is 4. The van der Waals surface area contributed by atoms with Crippen molar-refractivity contribution in [3.8, 4) is 17.6 Å². The van der Waals surface area contributed by atoms with Gasteiger partial charge in [-0.25, -0.2) is 0 Å². The summed E-state index contributed by atoms with van der Waals surface area (Å²) in [6.07, 6.45) is 3.16. The van der Waals surface area contributed by atoms with Gasteiger partial charge in [-0.2, -0.15) is 5.26 Å². The Labute approximate surface area is 124 Å². The summed E-state index contributed by atoms with van der Waals surface area (Å²) in [4.78, 5) is 0. The van der Waals surface area contributed by atoms with E-state index in [0.717, 1.165) is 24.8 Å². The highest BCUT2D eigenvalue weighted by molar-refractivity contribution is 6.32. The molecule has 20 heavy (non-hydrogen) atoms. The third-order valence-electron chi connectivity index (χ3n) is 3.74. The molecule has 0 spiro atoms. The van der Waals surface area contributed by atoms with Crippen LogP contribution in [0.1, 0.15) is 24.8 Å². The number of methoxy groups -OCH3 is 2. The number of rotatable bonds is 5. The van der Waals surface area contributed by atoms with Crippen LogP contribution in [-0.2, 0) is 6.54 Å². The maximum absolute atomic E-state index is 9.08. The van der Waals surface area contributed by atoms with Gasteiger partial charge in [0.1, 0.15) is 0 Å². The zero-order valence-electron chi connectivity index (χ0n) is 11.8. The molecule has 2 unspecified atom stereocenters. The van der Waals surface area contributed by atoms with E-state index in [0.29, 0.717) is 23.1 Å². The first-order valence-electron chi connectivity index (χ1n) is 6.73. The number of ether oxygens (including phenoxy) is 2. The van der Waals surface area contributed by atoms with E-state index < -0.39 is 0 Å². The highest BCUT2D eigenvalue weighted by Gasteiger charge is 2.26. The lowest BCUT2D eigenvalue weighted by Gasteiger charge is -2.17. The van der Waals surface area contributed by atoms with Gasteiger partial charge < -0.3 is 14.8 Å². The van der Waals surface area contributed by atoms with Crippen LogP contribution in [-0.4, -0.2) is 20.3 Å². The van der Waals surface area contributed by atoms with Gasteiger partial charge in [-0.1, -0.05) is 18.0 Å². The van der Waals surface area contributed by atoms with Crippen molar-refractivity contribution in [2.75, 3.05) is 14.2 Å². The van der Waals surface area contributed by atoms with E-state index >= 15 is 0 Å². The maximum atomic E-state index is 9.08. The van der Waals surface area contributed by atoms with Gasteiger partial charge in [-0.3, -0.25) is 0 Å². The fraction of sp³-hybridized carbons (Fsp3) is 0.533. The zero-order valence-corrected chi connectivity index (χ0v) is 12.5. The quantitative estimate of drug-likeness (QED) is 0.906. The highest BCUT2D eigenvalue weighted by Crippen LogP contribution is 2.36. The molecule has 1 saturated carbocycles. The van der Waals surface area contributed by atoms with E-state index in [4.69, 9.17) is 26.3 Å². The van der Waals surface area contributed by atoms with E-state index in [1.54, 1.807) is 14.2 Å². The molecule has 1 aromatic rings. The maximum Gasteiger partial charge on any atom is 0.179 e. The molecule has 108 valence electrons. The van der Waals surface area contributed by atoms with Crippen LogP contribution in [0.5, 0.6) is 11.5 Å². The summed E-state index contributed by atoms with van der Waals surface area (Å²) < 4.78 is 10.5. The van der Waals surface area contributed by atoms with Gasteiger partial charge >= 0.3 is 0 Å². The van der Waals surface area contributed by atoms with Gasteiger partial charge in [0.05, 0.1) is 31.2 Å². The van der Waals surface area contributed by atoms with Crippen LogP contribution in [0.15, 0.2) is 12.1 Å².